The summed E-state index contributed by atoms with van der Waals surface area (Å²) in [5.41, 5.74) is 1.63. The molecule has 104 valence electrons. The molecule has 1 fully saturated rings. The van der Waals surface area contributed by atoms with Crippen LogP contribution in [0.4, 0.5) is 5.69 Å². The molecule has 0 radical (unpaired) electrons. The first kappa shape index (κ1) is 14.3. The van der Waals surface area contributed by atoms with Gasteiger partial charge in [0.05, 0.1) is 6.61 Å². The van der Waals surface area contributed by atoms with E-state index in [-0.39, 0.29) is 6.61 Å². The third-order valence-corrected chi connectivity index (χ3v) is 4.38. The van der Waals surface area contributed by atoms with E-state index in [1.165, 1.54) is 6.92 Å². The van der Waals surface area contributed by atoms with Crippen LogP contribution < -0.4 is 5.32 Å². The molecule has 0 aromatic heterocycles. The Kier molecular flexibility index (Phi) is 3.87. The molecule has 0 bridgehead atoms. The number of rotatable bonds is 2. The fourth-order valence-corrected chi connectivity index (χ4v) is 2.76. The van der Waals surface area contributed by atoms with Gasteiger partial charge in [-0.2, -0.15) is 0 Å². The van der Waals surface area contributed by atoms with E-state index in [0.717, 1.165) is 17.3 Å². The van der Waals surface area contributed by atoms with Crippen LogP contribution in [0.2, 0.25) is 0 Å². The van der Waals surface area contributed by atoms with Gasteiger partial charge in [-0.25, -0.2) is 0 Å². The highest BCUT2D eigenvalue weighted by Gasteiger charge is 2.56. The number of carbonyl (C=O) groups excluding carboxylic acids is 1. The van der Waals surface area contributed by atoms with Gasteiger partial charge in [-0.3, -0.25) is 4.79 Å². The Morgan fingerprint density at radius 1 is 1.37 bits per heavy atom. The molecule has 3 N–H and O–H groups in total. The van der Waals surface area contributed by atoms with Crippen LogP contribution in [0.15, 0.2) is 24.3 Å². The van der Waals surface area contributed by atoms with Gasteiger partial charge in [-0.05, 0) is 26.0 Å². The largest absolute Gasteiger partial charge is 0.367 e. The molecule has 2 rings (SSSR count). The average molecular weight is 283 g/mol. The molecule has 0 saturated carbocycles. The van der Waals surface area contributed by atoms with Gasteiger partial charge in [0, 0.05) is 11.4 Å². The Bertz CT molecular complexity index is 474. The number of carbonyl (C=O) groups is 1. The van der Waals surface area contributed by atoms with Crippen LogP contribution in [0.1, 0.15) is 12.5 Å². The third-order valence-electron chi connectivity index (χ3n) is 3.02. The summed E-state index contributed by atoms with van der Waals surface area (Å²) in [5.74, 6) is -2.16. The van der Waals surface area contributed by atoms with E-state index in [4.69, 9.17) is 4.74 Å². The van der Waals surface area contributed by atoms with Gasteiger partial charge in [-0.15, -0.1) is 11.8 Å². The van der Waals surface area contributed by atoms with Gasteiger partial charge in [0.15, 0.2) is 0 Å². The van der Waals surface area contributed by atoms with Gasteiger partial charge in [-0.1, -0.05) is 17.7 Å². The molecule has 6 heteroatoms. The summed E-state index contributed by atoms with van der Waals surface area (Å²) in [6, 6.07) is 7.17. The highest BCUT2D eigenvalue weighted by Crippen LogP contribution is 2.39. The molecule has 0 aliphatic carbocycles. The molecule has 1 saturated heterocycles. The molecule has 1 heterocycles. The zero-order chi connectivity index (χ0) is 14.1. The van der Waals surface area contributed by atoms with Crippen molar-refractivity contribution in [2.45, 2.75) is 24.6 Å². The van der Waals surface area contributed by atoms with Crippen LogP contribution in [0.3, 0.4) is 0 Å². The summed E-state index contributed by atoms with van der Waals surface area (Å²) in [7, 11) is 0. The van der Waals surface area contributed by atoms with Crippen molar-refractivity contribution in [2.24, 2.45) is 0 Å². The molecule has 19 heavy (non-hydrogen) atoms. The Balaban J connectivity index is 2.16. The number of anilines is 1. The number of benzene rings is 1. The van der Waals surface area contributed by atoms with Crippen molar-refractivity contribution < 1.29 is 19.7 Å². The van der Waals surface area contributed by atoms with E-state index in [1.807, 2.05) is 19.1 Å². The minimum Gasteiger partial charge on any atom is -0.367 e. The zero-order valence-corrected chi connectivity index (χ0v) is 11.7. The molecule has 0 spiro atoms. The molecule has 1 amide bonds. The van der Waals surface area contributed by atoms with Crippen molar-refractivity contribution >= 4 is 23.4 Å². The summed E-state index contributed by atoms with van der Waals surface area (Å²) in [4.78, 5) is 10.2. The topological polar surface area (TPSA) is 78.8 Å². The fourth-order valence-electron chi connectivity index (χ4n) is 1.79. The van der Waals surface area contributed by atoms with Crippen LogP contribution in [0.25, 0.3) is 0 Å². The molecule has 2 atom stereocenters. The number of ether oxygens (including phenoxy) is 1. The number of thioether (sulfide) groups is 1. The van der Waals surface area contributed by atoms with E-state index in [0.29, 0.717) is 11.4 Å². The predicted molar refractivity (Wildman–Crippen MR) is 73.8 cm³/mol. The van der Waals surface area contributed by atoms with Crippen molar-refractivity contribution in [3.8, 4) is 0 Å². The first-order valence-electron chi connectivity index (χ1n) is 5.96. The minimum atomic E-state index is -2.02. The molecule has 1 aliphatic rings. The lowest BCUT2D eigenvalue weighted by Crippen LogP contribution is -2.61. The number of amides is 1. The molecule has 1 aromatic rings. The number of nitrogens with one attached hydrogen (secondary N) is 1. The van der Waals surface area contributed by atoms with Crippen molar-refractivity contribution in [3.63, 3.8) is 0 Å². The maximum Gasteiger partial charge on any atom is 0.272 e. The highest BCUT2D eigenvalue weighted by molar-refractivity contribution is 8.01. The van der Waals surface area contributed by atoms with Gasteiger partial charge < -0.3 is 20.3 Å². The van der Waals surface area contributed by atoms with Crippen LogP contribution >= 0.6 is 11.8 Å². The van der Waals surface area contributed by atoms with Gasteiger partial charge in [0.2, 0.25) is 10.7 Å². The van der Waals surface area contributed by atoms with Gasteiger partial charge in [0.1, 0.15) is 0 Å². The van der Waals surface area contributed by atoms with Crippen LogP contribution in [-0.4, -0.2) is 39.2 Å². The minimum absolute atomic E-state index is 0.289. The SMILES string of the molecule is Cc1ccc(NC(=O)[C@]2(O)SCCO[C@@]2(C)O)cc1. The lowest BCUT2D eigenvalue weighted by Gasteiger charge is -2.41. The first-order chi connectivity index (χ1) is 8.85. The Morgan fingerprint density at radius 2 is 2.00 bits per heavy atom. The van der Waals surface area contributed by atoms with Crippen LogP contribution in [0, 0.1) is 6.92 Å². The molecule has 0 unspecified atom stereocenters. The van der Waals surface area contributed by atoms with Crippen molar-refractivity contribution in [1.82, 2.24) is 0 Å². The van der Waals surface area contributed by atoms with Gasteiger partial charge >= 0.3 is 0 Å². The van der Waals surface area contributed by atoms with Crippen molar-refractivity contribution in [1.29, 1.82) is 0 Å². The predicted octanol–water partition coefficient (Wildman–Crippen LogP) is 1.09. The molecule has 5 nitrogen and oxygen atoms in total. The summed E-state index contributed by atoms with van der Waals surface area (Å²) >= 11 is 0.971. The van der Waals surface area contributed by atoms with Crippen LogP contribution in [0.5, 0.6) is 0 Å². The van der Waals surface area contributed by atoms with Crippen molar-refractivity contribution in [2.75, 3.05) is 17.7 Å². The lowest BCUT2D eigenvalue weighted by molar-refractivity contribution is -0.252. The second-order valence-electron chi connectivity index (χ2n) is 4.64. The Labute approximate surface area is 116 Å². The smallest absolute Gasteiger partial charge is 0.272 e. The maximum absolute atomic E-state index is 12.2. The lowest BCUT2D eigenvalue weighted by atomic mass is 10.1. The Morgan fingerprint density at radius 3 is 2.58 bits per heavy atom. The monoisotopic (exact) mass is 283 g/mol. The zero-order valence-electron chi connectivity index (χ0n) is 10.8. The second kappa shape index (κ2) is 5.13. The molecule has 1 aromatic carbocycles. The summed E-state index contributed by atoms with van der Waals surface area (Å²) in [6.07, 6.45) is 0. The Hall–Kier alpha value is -1.08. The summed E-state index contributed by atoms with van der Waals surface area (Å²) in [5, 5.41) is 23.0. The first-order valence-corrected chi connectivity index (χ1v) is 6.94. The standard InChI is InChI=1S/C13H17NO4S/c1-9-3-5-10(6-4-9)14-11(15)13(17)12(2,16)18-7-8-19-13/h3-6,16-17H,7-8H2,1-2H3,(H,14,15)/t12-,13+/m1/s1. The summed E-state index contributed by atoms with van der Waals surface area (Å²) in [6.45, 7) is 3.51. The van der Waals surface area contributed by atoms with E-state index in [2.05, 4.69) is 5.32 Å². The second-order valence-corrected chi connectivity index (χ2v) is 5.93. The number of hydrogen-bond acceptors (Lipinski definition) is 5. The van der Waals surface area contributed by atoms with Gasteiger partial charge in [0.25, 0.3) is 5.91 Å². The number of hydrogen-bond donors (Lipinski definition) is 3. The number of aliphatic hydroxyl groups is 2. The fraction of sp³-hybridized carbons (Fsp3) is 0.462. The van der Waals surface area contributed by atoms with E-state index < -0.39 is 16.6 Å². The normalized spacial score (nSPS) is 30.9. The maximum atomic E-state index is 12.2. The van der Waals surface area contributed by atoms with E-state index >= 15 is 0 Å². The van der Waals surface area contributed by atoms with Crippen molar-refractivity contribution in [3.05, 3.63) is 29.8 Å². The highest BCUT2D eigenvalue weighted by atomic mass is 32.2. The van der Waals surface area contributed by atoms with E-state index in [1.54, 1.807) is 12.1 Å². The molecule has 1 aliphatic heterocycles. The molecular formula is C13H17NO4S. The molecular weight excluding hydrogens is 266 g/mol. The van der Waals surface area contributed by atoms with Crippen LogP contribution in [-0.2, 0) is 9.53 Å². The third kappa shape index (κ3) is 2.76. The van der Waals surface area contributed by atoms with E-state index in [9.17, 15) is 15.0 Å². The average Bonchev–Trinajstić information content (AvgIpc) is 2.35. The number of aryl methyl sites for hydroxylation is 1. The quantitative estimate of drug-likeness (QED) is 0.757. The summed E-state index contributed by atoms with van der Waals surface area (Å²) < 4.78 is 5.08.